The van der Waals surface area contributed by atoms with Crippen LogP contribution in [0, 0.1) is 5.92 Å². The summed E-state index contributed by atoms with van der Waals surface area (Å²) in [6.07, 6.45) is -4.65. The number of hydrogen-bond donors (Lipinski definition) is 0. The van der Waals surface area contributed by atoms with Crippen LogP contribution in [-0.4, -0.2) is 24.9 Å². The maximum Gasteiger partial charge on any atom is 0.428 e. The van der Waals surface area contributed by atoms with Crippen LogP contribution in [-0.2, 0) is 9.53 Å². The Morgan fingerprint density at radius 2 is 2.00 bits per heavy atom. The summed E-state index contributed by atoms with van der Waals surface area (Å²) >= 11 is 5.97. The zero-order valence-corrected chi connectivity index (χ0v) is 12.4. The van der Waals surface area contributed by atoms with Gasteiger partial charge in [0, 0.05) is 11.5 Å². The predicted octanol–water partition coefficient (Wildman–Crippen LogP) is 3.95. The van der Waals surface area contributed by atoms with Crippen LogP contribution in [0.1, 0.15) is 25.3 Å². The molecular weight excluding hydrogens is 309 g/mol. The van der Waals surface area contributed by atoms with Gasteiger partial charge in [-0.25, -0.2) is 0 Å². The van der Waals surface area contributed by atoms with Crippen molar-refractivity contribution in [2.75, 3.05) is 7.11 Å². The number of halogens is 4. The van der Waals surface area contributed by atoms with Gasteiger partial charge in [0.05, 0.1) is 18.1 Å². The molecule has 1 saturated heterocycles. The number of carbonyl (C=O) groups is 1. The molecule has 7 heteroatoms. The summed E-state index contributed by atoms with van der Waals surface area (Å²) in [5.74, 6) is -2.91. The summed E-state index contributed by atoms with van der Waals surface area (Å²) < 4.78 is 49.3. The average Bonchev–Trinajstić information content (AvgIpc) is 2.60. The van der Waals surface area contributed by atoms with E-state index in [2.05, 4.69) is 4.74 Å². The minimum Gasteiger partial charge on any atom is -0.495 e. The SMILES string of the molecule is COc1c(Cl)cccc1C1C(=O)O[C@@](C)(C(F)(F)F)[C@H]1C. The average molecular weight is 323 g/mol. The number of alkyl halides is 3. The Morgan fingerprint density at radius 1 is 1.38 bits per heavy atom. The number of hydrogen-bond acceptors (Lipinski definition) is 3. The first-order valence-electron chi connectivity index (χ1n) is 6.25. The van der Waals surface area contributed by atoms with Crippen molar-refractivity contribution < 1.29 is 27.4 Å². The third kappa shape index (κ3) is 2.35. The van der Waals surface area contributed by atoms with Crippen LogP contribution in [0.3, 0.4) is 0 Å². The minimum absolute atomic E-state index is 0.194. The molecule has 1 aliphatic rings. The molecule has 1 aromatic carbocycles. The lowest BCUT2D eigenvalue weighted by molar-refractivity contribution is -0.262. The van der Waals surface area contributed by atoms with Gasteiger partial charge in [0.25, 0.3) is 0 Å². The van der Waals surface area contributed by atoms with Crippen molar-refractivity contribution in [3.8, 4) is 5.75 Å². The number of cyclic esters (lactones) is 1. The van der Waals surface area contributed by atoms with E-state index in [1.165, 1.54) is 26.2 Å². The van der Waals surface area contributed by atoms with Crippen LogP contribution in [0.25, 0.3) is 0 Å². The maximum absolute atomic E-state index is 13.2. The summed E-state index contributed by atoms with van der Waals surface area (Å²) in [6.45, 7) is 2.22. The topological polar surface area (TPSA) is 35.5 Å². The van der Waals surface area contributed by atoms with E-state index >= 15 is 0 Å². The maximum atomic E-state index is 13.2. The molecule has 0 aromatic heterocycles. The highest BCUT2D eigenvalue weighted by molar-refractivity contribution is 6.32. The van der Waals surface area contributed by atoms with E-state index in [0.717, 1.165) is 6.92 Å². The predicted molar refractivity (Wildman–Crippen MR) is 70.5 cm³/mol. The minimum atomic E-state index is -4.65. The summed E-state index contributed by atoms with van der Waals surface area (Å²) in [6, 6.07) is 4.62. The van der Waals surface area contributed by atoms with Gasteiger partial charge in [0.1, 0.15) is 5.75 Å². The van der Waals surface area contributed by atoms with E-state index in [1.807, 2.05) is 0 Å². The van der Waals surface area contributed by atoms with Gasteiger partial charge >= 0.3 is 12.1 Å². The van der Waals surface area contributed by atoms with Crippen LogP contribution < -0.4 is 4.74 Å². The molecule has 3 nitrogen and oxygen atoms in total. The van der Waals surface area contributed by atoms with Gasteiger partial charge in [-0.1, -0.05) is 30.7 Å². The molecule has 0 radical (unpaired) electrons. The number of methoxy groups -OCH3 is 1. The van der Waals surface area contributed by atoms with Gasteiger partial charge in [0.15, 0.2) is 0 Å². The molecule has 1 unspecified atom stereocenters. The Hall–Kier alpha value is -1.43. The van der Waals surface area contributed by atoms with E-state index in [4.69, 9.17) is 16.3 Å². The Balaban J connectivity index is 2.52. The molecule has 1 aliphatic heterocycles. The Morgan fingerprint density at radius 3 is 2.48 bits per heavy atom. The van der Waals surface area contributed by atoms with Gasteiger partial charge in [0.2, 0.25) is 5.60 Å². The number of para-hydroxylation sites is 1. The monoisotopic (exact) mass is 322 g/mol. The van der Waals surface area contributed by atoms with Crippen molar-refractivity contribution in [1.82, 2.24) is 0 Å². The van der Waals surface area contributed by atoms with E-state index in [1.54, 1.807) is 6.07 Å². The second kappa shape index (κ2) is 5.09. The highest BCUT2D eigenvalue weighted by atomic mass is 35.5. The molecule has 1 fully saturated rings. The molecule has 0 amide bonds. The fraction of sp³-hybridized carbons (Fsp3) is 0.500. The van der Waals surface area contributed by atoms with Crippen LogP contribution in [0.4, 0.5) is 13.2 Å². The van der Waals surface area contributed by atoms with Crippen LogP contribution in [0.2, 0.25) is 5.02 Å². The standard InChI is InChI=1S/C14H14ClF3O3/c1-7-10(8-5-4-6-9(15)11(8)20-3)12(19)21-13(7,2)14(16,17)18/h4-7,10H,1-3H3/t7-,10?,13+/m0/s1. The second-order valence-electron chi connectivity index (χ2n) is 5.15. The van der Waals surface area contributed by atoms with Gasteiger partial charge in [-0.3, -0.25) is 4.79 Å². The largest absolute Gasteiger partial charge is 0.495 e. The van der Waals surface area contributed by atoms with Crippen molar-refractivity contribution in [3.05, 3.63) is 28.8 Å². The lowest BCUT2D eigenvalue weighted by Crippen LogP contribution is -2.46. The summed E-state index contributed by atoms with van der Waals surface area (Å²) in [5.41, 5.74) is -2.22. The van der Waals surface area contributed by atoms with Gasteiger partial charge in [-0.05, 0) is 13.0 Å². The van der Waals surface area contributed by atoms with E-state index in [-0.39, 0.29) is 10.8 Å². The van der Waals surface area contributed by atoms with Gasteiger partial charge < -0.3 is 9.47 Å². The lowest BCUT2D eigenvalue weighted by Gasteiger charge is -2.30. The molecule has 0 bridgehead atoms. The Bertz CT molecular complexity index is 573. The number of benzene rings is 1. The Labute approximate surface area is 125 Å². The van der Waals surface area contributed by atoms with E-state index in [0.29, 0.717) is 5.56 Å². The zero-order chi connectivity index (χ0) is 16.0. The molecular formula is C14H14ClF3O3. The van der Waals surface area contributed by atoms with Crippen LogP contribution >= 0.6 is 11.6 Å². The zero-order valence-electron chi connectivity index (χ0n) is 11.6. The van der Waals surface area contributed by atoms with Gasteiger partial charge in [-0.15, -0.1) is 0 Å². The first kappa shape index (κ1) is 15.9. The molecule has 0 saturated carbocycles. The quantitative estimate of drug-likeness (QED) is 0.774. The molecule has 0 spiro atoms. The second-order valence-corrected chi connectivity index (χ2v) is 5.56. The highest BCUT2D eigenvalue weighted by Gasteiger charge is 2.65. The summed E-state index contributed by atoms with van der Waals surface area (Å²) in [7, 11) is 1.35. The molecule has 0 aliphatic carbocycles. The molecule has 116 valence electrons. The number of ether oxygens (including phenoxy) is 2. The third-order valence-electron chi connectivity index (χ3n) is 4.03. The third-order valence-corrected chi connectivity index (χ3v) is 4.33. The van der Waals surface area contributed by atoms with Crippen molar-refractivity contribution in [1.29, 1.82) is 0 Å². The summed E-state index contributed by atoms with van der Waals surface area (Å²) in [5, 5.41) is 0.232. The molecule has 0 N–H and O–H groups in total. The molecule has 3 atom stereocenters. The van der Waals surface area contributed by atoms with E-state index < -0.39 is 29.6 Å². The number of rotatable bonds is 2. The van der Waals surface area contributed by atoms with Crippen molar-refractivity contribution in [2.45, 2.75) is 31.5 Å². The van der Waals surface area contributed by atoms with E-state index in [9.17, 15) is 18.0 Å². The molecule has 1 aromatic rings. The van der Waals surface area contributed by atoms with Crippen LogP contribution in [0.5, 0.6) is 5.75 Å². The summed E-state index contributed by atoms with van der Waals surface area (Å²) in [4.78, 5) is 12.0. The fourth-order valence-corrected chi connectivity index (χ4v) is 2.84. The van der Waals surface area contributed by atoms with Crippen molar-refractivity contribution in [2.24, 2.45) is 5.92 Å². The first-order valence-corrected chi connectivity index (χ1v) is 6.63. The molecule has 21 heavy (non-hydrogen) atoms. The molecule has 2 rings (SSSR count). The Kier molecular flexibility index (Phi) is 3.86. The fourth-order valence-electron chi connectivity index (χ4n) is 2.59. The lowest BCUT2D eigenvalue weighted by atomic mass is 9.79. The highest BCUT2D eigenvalue weighted by Crippen LogP contribution is 2.52. The van der Waals surface area contributed by atoms with Crippen molar-refractivity contribution >= 4 is 17.6 Å². The number of esters is 1. The normalized spacial score (nSPS) is 29.4. The van der Waals surface area contributed by atoms with Crippen LogP contribution in [0.15, 0.2) is 18.2 Å². The number of carbonyl (C=O) groups excluding carboxylic acids is 1. The molecule has 1 heterocycles. The van der Waals surface area contributed by atoms with Crippen molar-refractivity contribution in [3.63, 3.8) is 0 Å². The van der Waals surface area contributed by atoms with Gasteiger partial charge in [-0.2, -0.15) is 13.2 Å². The first-order chi connectivity index (χ1) is 9.63. The smallest absolute Gasteiger partial charge is 0.428 e.